The average molecular weight is 396 g/mol. The van der Waals surface area contributed by atoms with Crippen LogP contribution in [0, 0.1) is 5.82 Å². The van der Waals surface area contributed by atoms with Gasteiger partial charge in [0.05, 0.1) is 5.25 Å². The van der Waals surface area contributed by atoms with Crippen LogP contribution in [0.4, 0.5) is 4.39 Å². The van der Waals surface area contributed by atoms with Crippen LogP contribution in [0.25, 0.3) is 5.69 Å². The zero-order chi connectivity index (χ0) is 19.5. The van der Waals surface area contributed by atoms with Crippen LogP contribution in [-0.4, -0.2) is 32.0 Å². The molecule has 144 valence electrons. The second kappa shape index (κ2) is 8.14. The van der Waals surface area contributed by atoms with Crippen molar-refractivity contribution in [1.82, 2.24) is 20.1 Å². The molecular formula is C21H21FN4OS. The zero-order valence-corrected chi connectivity index (χ0v) is 16.3. The summed E-state index contributed by atoms with van der Waals surface area (Å²) in [7, 11) is 0. The third-order valence-corrected chi connectivity index (χ3v) is 5.61. The van der Waals surface area contributed by atoms with Crippen molar-refractivity contribution in [1.29, 1.82) is 0 Å². The second-order valence-electron chi connectivity index (χ2n) is 6.92. The molecule has 7 heteroatoms. The number of nitrogens with one attached hydrogen (secondary N) is 1. The molecule has 0 bridgehead atoms. The molecule has 1 aliphatic rings. The van der Waals surface area contributed by atoms with Crippen molar-refractivity contribution >= 4 is 17.7 Å². The molecule has 0 radical (unpaired) electrons. The van der Waals surface area contributed by atoms with E-state index in [1.165, 1.54) is 23.9 Å². The first-order chi connectivity index (χ1) is 13.6. The predicted molar refractivity (Wildman–Crippen MR) is 107 cm³/mol. The van der Waals surface area contributed by atoms with Crippen molar-refractivity contribution < 1.29 is 9.18 Å². The number of rotatable bonds is 7. The van der Waals surface area contributed by atoms with Crippen LogP contribution in [0.2, 0.25) is 0 Å². The fourth-order valence-electron chi connectivity index (χ4n) is 2.88. The number of halogens is 1. The maximum Gasteiger partial charge on any atom is 0.233 e. The lowest BCUT2D eigenvalue weighted by atomic mass is 10.1. The molecule has 1 N–H and O–H groups in total. The van der Waals surface area contributed by atoms with Crippen molar-refractivity contribution in [2.75, 3.05) is 0 Å². The minimum absolute atomic E-state index is 0.00534. The van der Waals surface area contributed by atoms with Gasteiger partial charge in [-0.2, -0.15) is 0 Å². The van der Waals surface area contributed by atoms with E-state index < -0.39 is 0 Å². The van der Waals surface area contributed by atoms with E-state index in [1.807, 2.05) is 41.8 Å². The Morgan fingerprint density at radius 3 is 2.57 bits per heavy atom. The largest absolute Gasteiger partial charge is 0.352 e. The molecule has 4 rings (SSSR count). The molecule has 1 atom stereocenters. The topological polar surface area (TPSA) is 59.8 Å². The molecule has 1 saturated carbocycles. The molecule has 1 amide bonds. The number of hydrogen-bond donors (Lipinski definition) is 1. The van der Waals surface area contributed by atoms with Gasteiger partial charge in [-0.15, -0.1) is 10.2 Å². The maximum absolute atomic E-state index is 13.4. The van der Waals surface area contributed by atoms with Crippen molar-refractivity contribution in [3.63, 3.8) is 0 Å². The van der Waals surface area contributed by atoms with Gasteiger partial charge in [-0.3, -0.25) is 9.36 Å². The molecular weight excluding hydrogens is 375 g/mol. The summed E-state index contributed by atoms with van der Waals surface area (Å²) in [5.41, 5.74) is 1.88. The zero-order valence-electron chi connectivity index (χ0n) is 15.5. The summed E-state index contributed by atoms with van der Waals surface area (Å²) >= 11 is 1.36. The molecule has 1 aromatic heterocycles. The molecule has 0 spiro atoms. The Kier molecular flexibility index (Phi) is 5.43. The fourth-order valence-corrected chi connectivity index (χ4v) is 3.77. The van der Waals surface area contributed by atoms with Crippen LogP contribution in [0.1, 0.15) is 31.2 Å². The minimum Gasteiger partial charge on any atom is -0.352 e. The molecule has 1 heterocycles. The summed E-state index contributed by atoms with van der Waals surface area (Å²) in [4.78, 5) is 12.3. The highest BCUT2D eigenvalue weighted by Gasteiger charge is 2.27. The standard InChI is InChI=1S/C21H21FN4OS/c1-14(20(27)23-17-9-10-17)28-21-25-24-19(13-15-5-3-2-4-6-15)26(21)18-11-7-16(22)8-12-18/h2-8,11-12,14,17H,9-10,13H2,1H3,(H,23,27)/t14-/m1/s1. The molecule has 3 aromatic rings. The van der Waals surface area contributed by atoms with E-state index >= 15 is 0 Å². The Hall–Kier alpha value is -2.67. The van der Waals surface area contributed by atoms with Gasteiger partial charge in [0, 0.05) is 18.2 Å². The summed E-state index contributed by atoms with van der Waals surface area (Å²) < 4.78 is 15.3. The SMILES string of the molecule is C[C@@H](Sc1nnc(Cc2ccccc2)n1-c1ccc(F)cc1)C(=O)NC1CC1. The Morgan fingerprint density at radius 1 is 1.18 bits per heavy atom. The lowest BCUT2D eigenvalue weighted by Crippen LogP contribution is -2.32. The van der Waals surface area contributed by atoms with E-state index in [2.05, 4.69) is 15.5 Å². The number of nitrogens with zero attached hydrogens (tertiary/aromatic N) is 3. The summed E-state index contributed by atoms with van der Waals surface area (Å²) in [5, 5.41) is 12.0. The third kappa shape index (κ3) is 4.42. The smallest absolute Gasteiger partial charge is 0.233 e. The van der Waals surface area contributed by atoms with Gasteiger partial charge in [-0.1, -0.05) is 42.1 Å². The van der Waals surface area contributed by atoms with E-state index in [9.17, 15) is 9.18 Å². The number of benzene rings is 2. The van der Waals surface area contributed by atoms with E-state index in [0.29, 0.717) is 17.6 Å². The number of thioether (sulfide) groups is 1. The van der Waals surface area contributed by atoms with Crippen molar-refractivity contribution in [3.05, 3.63) is 71.8 Å². The van der Waals surface area contributed by atoms with Gasteiger partial charge in [0.1, 0.15) is 11.6 Å². The first-order valence-corrected chi connectivity index (χ1v) is 10.2. The minimum atomic E-state index is -0.298. The summed E-state index contributed by atoms with van der Waals surface area (Å²) in [6.45, 7) is 1.86. The average Bonchev–Trinajstić information content (AvgIpc) is 3.44. The van der Waals surface area contributed by atoms with Crippen molar-refractivity contribution in [3.8, 4) is 5.69 Å². The Balaban J connectivity index is 1.63. The number of amides is 1. The monoisotopic (exact) mass is 396 g/mol. The quantitative estimate of drug-likeness (QED) is 0.618. The van der Waals surface area contributed by atoms with Gasteiger partial charge >= 0.3 is 0 Å². The Labute approximate surface area is 167 Å². The normalized spacial score (nSPS) is 14.6. The van der Waals surface area contributed by atoms with Crippen LogP contribution in [0.5, 0.6) is 0 Å². The van der Waals surface area contributed by atoms with E-state index in [-0.39, 0.29) is 17.0 Å². The molecule has 1 aliphatic carbocycles. The molecule has 0 saturated heterocycles. The van der Waals surface area contributed by atoms with Crippen LogP contribution in [0.3, 0.4) is 0 Å². The van der Waals surface area contributed by atoms with Crippen LogP contribution in [0.15, 0.2) is 59.8 Å². The van der Waals surface area contributed by atoms with E-state index in [0.717, 1.165) is 29.9 Å². The van der Waals surface area contributed by atoms with Gasteiger partial charge in [-0.05, 0) is 49.6 Å². The maximum atomic E-state index is 13.4. The Bertz CT molecular complexity index is 954. The van der Waals surface area contributed by atoms with E-state index in [4.69, 9.17) is 0 Å². The first kappa shape index (κ1) is 18.7. The molecule has 5 nitrogen and oxygen atoms in total. The van der Waals surface area contributed by atoms with Gasteiger partial charge in [0.2, 0.25) is 5.91 Å². The first-order valence-electron chi connectivity index (χ1n) is 9.31. The lowest BCUT2D eigenvalue weighted by Gasteiger charge is -2.14. The predicted octanol–water partition coefficient (Wildman–Crippen LogP) is 3.76. The molecule has 28 heavy (non-hydrogen) atoms. The number of carbonyl (C=O) groups excluding carboxylic acids is 1. The van der Waals surface area contributed by atoms with E-state index in [1.54, 1.807) is 12.1 Å². The number of carbonyl (C=O) groups is 1. The number of hydrogen-bond acceptors (Lipinski definition) is 4. The van der Waals surface area contributed by atoms with Crippen molar-refractivity contribution in [2.24, 2.45) is 0 Å². The molecule has 0 unspecified atom stereocenters. The summed E-state index contributed by atoms with van der Waals surface area (Å²) in [5.74, 6) is 0.452. The molecule has 0 aliphatic heterocycles. The third-order valence-electron chi connectivity index (χ3n) is 4.57. The van der Waals surface area contributed by atoms with Gasteiger partial charge in [0.25, 0.3) is 0 Å². The van der Waals surface area contributed by atoms with Gasteiger partial charge in [-0.25, -0.2) is 4.39 Å². The highest BCUT2D eigenvalue weighted by molar-refractivity contribution is 8.00. The fraction of sp³-hybridized carbons (Fsp3) is 0.286. The highest BCUT2D eigenvalue weighted by atomic mass is 32.2. The molecule has 1 fully saturated rings. The number of aromatic nitrogens is 3. The lowest BCUT2D eigenvalue weighted by molar-refractivity contribution is -0.120. The van der Waals surface area contributed by atoms with Crippen molar-refractivity contribution in [2.45, 2.75) is 42.6 Å². The Morgan fingerprint density at radius 2 is 1.89 bits per heavy atom. The van der Waals surface area contributed by atoms with Crippen LogP contribution in [-0.2, 0) is 11.2 Å². The molecule has 2 aromatic carbocycles. The highest BCUT2D eigenvalue weighted by Crippen LogP contribution is 2.28. The van der Waals surface area contributed by atoms with Gasteiger partial charge in [0.15, 0.2) is 5.16 Å². The second-order valence-corrected chi connectivity index (χ2v) is 8.22. The summed E-state index contributed by atoms with van der Waals surface area (Å²) in [6, 6.07) is 16.5. The van der Waals surface area contributed by atoms with Crippen LogP contribution >= 0.6 is 11.8 Å². The van der Waals surface area contributed by atoms with Crippen LogP contribution < -0.4 is 5.32 Å². The summed E-state index contributed by atoms with van der Waals surface area (Å²) in [6.07, 6.45) is 2.70. The van der Waals surface area contributed by atoms with Gasteiger partial charge < -0.3 is 5.32 Å².